The molecule has 0 aliphatic heterocycles. The lowest BCUT2D eigenvalue weighted by Crippen LogP contribution is -1.99. The van der Waals surface area contributed by atoms with Crippen molar-refractivity contribution in [2.24, 2.45) is 4.99 Å². The number of fused-ring (bicyclic) bond motifs is 1. The number of anilines is 2. The first-order valence-corrected chi connectivity index (χ1v) is 14.4. The molecule has 0 saturated carbocycles. The van der Waals surface area contributed by atoms with Gasteiger partial charge in [-0.3, -0.25) is 9.79 Å². The molecule has 6 nitrogen and oxygen atoms in total. The SMILES string of the molecule is C/C=C(\N=CCC)c1ccnc(Nc2cc(Cl)c3[nH]c(C(C)=O)cc3c2)n1.CC.CC.CCCCCCC. The van der Waals surface area contributed by atoms with Crippen molar-refractivity contribution < 1.29 is 4.79 Å². The highest BCUT2D eigenvalue weighted by Gasteiger charge is 2.10. The Hall–Kier alpha value is -2.99. The molecule has 3 aromatic rings. The van der Waals surface area contributed by atoms with Crippen LogP contribution in [0, 0.1) is 0 Å². The third-order valence-electron chi connectivity index (χ3n) is 5.13. The minimum absolute atomic E-state index is 0.0423. The lowest BCUT2D eigenvalue weighted by molar-refractivity contribution is 0.101. The molecule has 0 aliphatic rings. The number of carbonyl (C=O) groups is 1. The zero-order chi connectivity index (χ0) is 28.9. The molecular weight excluding hydrogens is 494 g/mol. The molecule has 1 aromatic carbocycles. The van der Waals surface area contributed by atoms with Gasteiger partial charge in [0.15, 0.2) is 5.78 Å². The van der Waals surface area contributed by atoms with Gasteiger partial charge in [-0.2, -0.15) is 0 Å². The molecule has 0 saturated heterocycles. The number of halogens is 1. The summed E-state index contributed by atoms with van der Waals surface area (Å²) in [4.78, 5) is 27.8. The van der Waals surface area contributed by atoms with Gasteiger partial charge >= 0.3 is 0 Å². The predicted octanol–water partition coefficient (Wildman–Crippen LogP) is 10.4. The second-order valence-corrected chi connectivity index (χ2v) is 8.41. The number of aromatic amines is 1. The number of hydrogen-bond acceptors (Lipinski definition) is 5. The lowest BCUT2D eigenvalue weighted by Gasteiger charge is -2.08. The summed E-state index contributed by atoms with van der Waals surface area (Å²) in [6, 6.07) is 7.26. The molecule has 0 amide bonds. The number of H-pyrrole nitrogens is 1. The number of allylic oxidation sites excluding steroid dienone is 1. The number of benzene rings is 1. The minimum Gasteiger partial charge on any atom is -0.351 e. The molecule has 38 heavy (non-hydrogen) atoms. The Morgan fingerprint density at radius 3 is 2.26 bits per heavy atom. The monoisotopic (exact) mass is 541 g/mol. The van der Waals surface area contributed by atoms with E-state index < -0.39 is 0 Å². The van der Waals surface area contributed by atoms with Gasteiger partial charge in [-0.15, -0.1) is 0 Å². The normalized spacial score (nSPS) is 10.6. The standard InChI is InChI=1S/C20H20ClN5O.C7H16.2C2H6/c1-4-7-22-16(5-2)17-6-8-23-20(26-17)24-14-9-13-10-18(12(3)27)25-19(13)15(21)11-14;1-3-5-7-6-4-2;2*1-2/h5-11,25H,4H2,1-3H3,(H,23,24,26);3-7H2,1-2H3;2*1-2H3/b16-5-,22-7?;;;. The van der Waals surface area contributed by atoms with Gasteiger partial charge in [0.25, 0.3) is 0 Å². The maximum atomic E-state index is 11.6. The maximum absolute atomic E-state index is 11.6. The third-order valence-corrected chi connectivity index (χ3v) is 5.43. The quantitative estimate of drug-likeness (QED) is 0.152. The summed E-state index contributed by atoms with van der Waals surface area (Å²) in [6.07, 6.45) is 13.3. The Kier molecular flexibility index (Phi) is 19.3. The van der Waals surface area contributed by atoms with E-state index in [2.05, 4.69) is 39.1 Å². The summed E-state index contributed by atoms with van der Waals surface area (Å²) in [7, 11) is 0. The van der Waals surface area contributed by atoms with Gasteiger partial charge in [-0.25, -0.2) is 9.97 Å². The number of carbonyl (C=O) groups excluding carboxylic acids is 1. The molecule has 2 N–H and O–H groups in total. The molecule has 0 spiro atoms. The molecule has 0 unspecified atom stereocenters. The van der Waals surface area contributed by atoms with E-state index in [0.717, 1.165) is 34.4 Å². The second kappa shape index (κ2) is 21.0. The van der Waals surface area contributed by atoms with E-state index in [0.29, 0.717) is 16.7 Å². The maximum Gasteiger partial charge on any atom is 0.227 e. The van der Waals surface area contributed by atoms with Crippen LogP contribution in [0.15, 0.2) is 41.5 Å². The average Bonchev–Trinajstić information content (AvgIpc) is 3.38. The fourth-order valence-corrected chi connectivity index (χ4v) is 3.58. The first-order valence-electron chi connectivity index (χ1n) is 14.1. The van der Waals surface area contributed by atoms with Crippen LogP contribution in [-0.2, 0) is 0 Å². The van der Waals surface area contributed by atoms with Crippen LogP contribution < -0.4 is 5.32 Å². The number of unbranched alkanes of at least 4 members (excludes halogenated alkanes) is 4. The first kappa shape index (κ1) is 35.0. The number of aliphatic imine (C=N–C) groups is 1. The molecular formula is C31H48ClN5O. The van der Waals surface area contributed by atoms with E-state index >= 15 is 0 Å². The summed E-state index contributed by atoms with van der Waals surface area (Å²) >= 11 is 6.36. The Morgan fingerprint density at radius 2 is 1.71 bits per heavy atom. The predicted molar refractivity (Wildman–Crippen MR) is 168 cm³/mol. The Bertz CT molecular complexity index is 1130. The van der Waals surface area contributed by atoms with Crippen molar-refractivity contribution in [3.05, 3.63) is 52.9 Å². The van der Waals surface area contributed by atoms with E-state index in [1.54, 1.807) is 18.3 Å². The molecule has 7 heteroatoms. The summed E-state index contributed by atoms with van der Waals surface area (Å²) < 4.78 is 0. The number of rotatable bonds is 10. The van der Waals surface area contributed by atoms with Crippen LogP contribution in [0.1, 0.15) is 117 Å². The van der Waals surface area contributed by atoms with Crippen LogP contribution in [-0.4, -0.2) is 26.9 Å². The summed E-state index contributed by atoms with van der Waals surface area (Å²) in [5.74, 6) is 0.399. The molecule has 0 radical (unpaired) electrons. The van der Waals surface area contributed by atoms with Gasteiger partial charge in [0.1, 0.15) is 0 Å². The van der Waals surface area contributed by atoms with Crippen molar-refractivity contribution in [2.45, 2.75) is 101 Å². The highest BCUT2D eigenvalue weighted by atomic mass is 35.5. The van der Waals surface area contributed by atoms with Crippen LogP contribution in [0.5, 0.6) is 0 Å². The number of Topliss-reactive ketones (excluding diaryl/α,β-unsaturated/α-hetero) is 1. The van der Waals surface area contributed by atoms with Crippen LogP contribution in [0.4, 0.5) is 11.6 Å². The Morgan fingerprint density at radius 1 is 1.05 bits per heavy atom. The second-order valence-electron chi connectivity index (χ2n) is 8.01. The number of hydrogen-bond donors (Lipinski definition) is 2. The molecule has 0 fully saturated rings. The van der Waals surface area contributed by atoms with Gasteiger partial charge in [0.2, 0.25) is 5.95 Å². The lowest BCUT2D eigenvalue weighted by atomic mass is 10.2. The van der Waals surface area contributed by atoms with Crippen LogP contribution in [0.2, 0.25) is 5.02 Å². The van der Waals surface area contributed by atoms with E-state index in [-0.39, 0.29) is 5.78 Å². The summed E-state index contributed by atoms with van der Waals surface area (Å²) in [5, 5.41) is 4.52. The number of aromatic nitrogens is 3. The summed E-state index contributed by atoms with van der Waals surface area (Å²) in [6.45, 7) is 18.0. The van der Waals surface area contributed by atoms with E-state index in [1.165, 1.54) is 39.0 Å². The molecule has 0 bridgehead atoms. The zero-order valence-corrected chi connectivity index (χ0v) is 25.7. The fraction of sp³-hybridized carbons (Fsp3) is 0.484. The smallest absolute Gasteiger partial charge is 0.227 e. The molecule has 2 heterocycles. The topological polar surface area (TPSA) is 83.0 Å². The number of nitrogens with zero attached hydrogens (tertiary/aromatic N) is 3. The highest BCUT2D eigenvalue weighted by Crippen LogP contribution is 2.29. The van der Waals surface area contributed by atoms with Crippen molar-refractivity contribution in [1.29, 1.82) is 0 Å². The minimum atomic E-state index is -0.0423. The highest BCUT2D eigenvalue weighted by molar-refractivity contribution is 6.35. The van der Waals surface area contributed by atoms with E-state index in [1.807, 2.05) is 66.0 Å². The number of ketones is 1. The zero-order valence-electron chi connectivity index (χ0n) is 24.9. The first-order chi connectivity index (χ1) is 18.4. The fourth-order valence-electron chi connectivity index (χ4n) is 3.31. The molecule has 210 valence electrons. The summed E-state index contributed by atoms with van der Waals surface area (Å²) in [5.41, 5.74) is 3.50. The van der Waals surface area contributed by atoms with Crippen molar-refractivity contribution >= 4 is 51.8 Å². The van der Waals surface area contributed by atoms with Crippen molar-refractivity contribution in [3.63, 3.8) is 0 Å². The number of nitrogens with one attached hydrogen (secondary N) is 2. The third kappa shape index (κ3) is 12.0. The van der Waals surface area contributed by atoms with E-state index in [9.17, 15) is 4.79 Å². The molecule has 0 atom stereocenters. The van der Waals surface area contributed by atoms with Gasteiger partial charge < -0.3 is 10.3 Å². The average molecular weight is 542 g/mol. The van der Waals surface area contributed by atoms with Crippen molar-refractivity contribution in [3.8, 4) is 0 Å². The van der Waals surface area contributed by atoms with Gasteiger partial charge in [-0.1, -0.05) is 98.2 Å². The van der Waals surface area contributed by atoms with E-state index in [4.69, 9.17) is 11.6 Å². The van der Waals surface area contributed by atoms with Crippen molar-refractivity contribution in [1.82, 2.24) is 15.0 Å². The van der Waals surface area contributed by atoms with Gasteiger partial charge in [0.05, 0.1) is 27.6 Å². The Labute approximate surface area is 235 Å². The van der Waals surface area contributed by atoms with Gasteiger partial charge in [-0.05, 0) is 37.6 Å². The van der Waals surface area contributed by atoms with Crippen LogP contribution in [0.3, 0.4) is 0 Å². The van der Waals surface area contributed by atoms with Crippen molar-refractivity contribution in [2.75, 3.05) is 5.32 Å². The Balaban J connectivity index is 0.00000107. The molecule has 0 aliphatic carbocycles. The van der Waals surface area contributed by atoms with Gasteiger partial charge in [0, 0.05) is 30.4 Å². The van der Waals surface area contributed by atoms with Crippen LogP contribution in [0.25, 0.3) is 16.6 Å². The molecule has 2 aromatic heterocycles. The largest absolute Gasteiger partial charge is 0.351 e. The molecule has 3 rings (SSSR count). The van der Waals surface area contributed by atoms with Crippen LogP contribution >= 0.6 is 11.6 Å².